The fraction of sp³-hybridized carbons (Fsp3) is 0.917. The van der Waals surface area contributed by atoms with Crippen LogP contribution in [0.1, 0.15) is 40.5 Å². The zero-order chi connectivity index (χ0) is 11.5. The first-order valence-corrected chi connectivity index (χ1v) is 5.87. The SMILES string of the molecule is CC(=O)CNC1CCN(C(C)(C)C)CC1. The Labute approximate surface area is 93.2 Å². The van der Waals surface area contributed by atoms with E-state index in [0.29, 0.717) is 12.6 Å². The van der Waals surface area contributed by atoms with Crippen molar-refractivity contribution < 1.29 is 4.79 Å². The van der Waals surface area contributed by atoms with Gasteiger partial charge in [0.05, 0.1) is 6.54 Å². The molecule has 15 heavy (non-hydrogen) atoms. The maximum atomic E-state index is 10.8. The molecule has 1 fully saturated rings. The first kappa shape index (κ1) is 12.7. The van der Waals surface area contributed by atoms with Gasteiger partial charge < -0.3 is 5.32 Å². The average Bonchev–Trinajstić information content (AvgIpc) is 2.14. The van der Waals surface area contributed by atoms with Crippen molar-refractivity contribution >= 4 is 5.78 Å². The van der Waals surface area contributed by atoms with Gasteiger partial charge in [-0.15, -0.1) is 0 Å². The number of nitrogens with zero attached hydrogens (tertiary/aromatic N) is 1. The highest BCUT2D eigenvalue weighted by molar-refractivity contribution is 5.77. The molecule has 3 heteroatoms. The number of carbonyl (C=O) groups is 1. The summed E-state index contributed by atoms with van der Waals surface area (Å²) in [6.45, 7) is 11.2. The first-order chi connectivity index (χ1) is 6.89. The number of nitrogens with one attached hydrogen (secondary N) is 1. The van der Waals surface area contributed by atoms with Crippen molar-refractivity contribution in [2.24, 2.45) is 0 Å². The molecule has 3 nitrogen and oxygen atoms in total. The summed E-state index contributed by atoms with van der Waals surface area (Å²) < 4.78 is 0. The molecular formula is C12H24N2O. The van der Waals surface area contributed by atoms with E-state index in [9.17, 15) is 4.79 Å². The van der Waals surface area contributed by atoms with Gasteiger partial charge in [-0.1, -0.05) is 0 Å². The summed E-state index contributed by atoms with van der Waals surface area (Å²) in [5, 5.41) is 3.32. The molecule has 0 aromatic heterocycles. The lowest BCUT2D eigenvalue weighted by Gasteiger charge is -2.41. The fourth-order valence-corrected chi connectivity index (χ4v) is 2.04. The topological polar surface area (TPSA) is 32.3 Å². The van der Waals surface area contributed by atoms with Crippen LogP contribution in [0.25, 0.3) is 0 Å². The second-order valence-corrected chi connectivity index (χ2v) is 5.52. The van der Waals surface area contributed by atoms with E-state index in [-0.39, 0.29) is 11.3 Å². The highest BCUT2D eigenvalue weighted by Gasteiger charge is 2.26. The molecule has 88 valence electrons. The van der Waals surface area contributed by atoms with Gasteiger partial charge in [-0.05, 0) is 40.5 Å². The summed E-state index contributed by atoms with van der Waals surface area (Å²) in [5.41, 5.74) is 0.283. The summed E-state index contributed by atoms with van der Waals surface area (Å²) in [6.07, 6.45) is 2.31. The van der Waals surface area contributed by atoms with Crippen LogP contribution in [0, 0.1) is 0 Å². The molecule has 0 atom stereocenters. The van der Waals surface area contributed by atoms with Gasteiger partial charge in [0.25, 0.3) is 0 Å². The van der Waals surface area contributed by atoms with Gasteiger partial charge in [0.15, 0.2) is 0 Å². The summed E-state index contributed by atoms with van der Waals surface area (Å²) in [6, 6.07) is 0.535. The molecule has 0 radical (unpaired) electrons. The number of piperidine rings is 1. The van der Waals surface area contributed by atoms with Crippen LogP contribution in [0.3, 0.4) is 0 Å². The molecular weight excluding hydrogens is 188 g/mol. The fourth-order valence-electron chi connectivity index (χ4n) is 2.04. The molecule has 0 spiro atoms. The van der Waals surface area contributed by atoms with Crippen molar-refractivity contribution in [1.29, 1.82) is 0 Å². The van der Waals surface area contributed by atoms with E-state index in [0.717, 1.165) is 25.9 Å². The summed E-state index contributed by atoms with van der Waals surface area (Å²) >= 11 is 0. The molecule has 1 heterocycles. The Morgan fingerprint density at radius 2 is 1.87 bits per heavy atom. The van der Waals surface area contributed by atoms with Crippen LogP contribution in [0.2, 0.25) is 0 Å². The molecule has 0 saturated carbocycles. The van der Waals surface area contributed by atoms with Gasteiger partial charge in [0, 0.05) is 24.7 Å². The average molecular weight is 212 g/mol. The molecule has 1 rings (SSSR count). The van der Waals surface area contributed by atoms with Crippen molar-refractivity contribution in [2.45, 2.75) is 52.1 Å². The van der Waals surface area contributed by atoms with Crippen molar-refractivity contribution in [3.63, 3.8) is 0 Å². The third-order valence-electron chi connectivity index (χ3n) is 3.08. The molecule has 1 aliphatic heterocycles. The number of ketones is 1. The van der Waals surface area contributed by atoms with Crippen LogP contribution < -0.4 is 5.32 Å². The second-order valence-electron chi connectivity index (χ2n) is 5.52. The van der Waals surface area contributed by atoms with Crippen molar-refractivity contribution in [3.05, 3.63) is 0 Å². The predicted molar refractivity (Wildman–Crippen MR) is 63.0 cm³/mol. The number of rotatable bonds is 3. The number of carbonyl (C=O) groups excluding carboxylic acids is 1. The van der Waals surface area contributed by atoms with Gasteiger partial charge in [-0.25, -0.2) is 0 Å². The molecule has 0 bridgehead atoms. The largest absolute Gasteiger partial charge is 0.307 e. The Balaban J connectivity index is 2.27. The zero-order valence-corrected chi connectivity index (χ0v) is 10.5. The van der Waals surface area contributed by atoms with Crippen LogP contribution in [0.4, 0.5) is 0 Å². The van der Waals surface area contributed by atoms with E-state index in [1.54, 1.807) is 6.92 Å². The third kappa shape index (κ3) is 4.31. The van der Waals surface area contributed by atoms with Gasteiger partial charge in [0.2, 0.25) is 0 Å². The monoisotopic (exact) mass is 212 g/mol. The summed E-state index contributed by atoms with van der Waals surface area (Å²) in [5.74, 6) is 0.230. The number of likely N-dealkylation sites (tertiary alicyclic amines) is 1. The van der Waals surface area contributed by atoms with E-state index in [4.69, 9.17) is 0 Å². The second kappa shape index (κ2) is 5.08. The Bertz CT molecular complexity index is 212. The molecule has 1 saturated heterocycles. The van der Waals surface area contributed by atoms with Crippen molar-refractivity contribution in [2.75, 3.05) is 19.6 Å². The van der Waals surface area contributed by atoms with Crippen LogP contribution in [0.15, 0.2) is 0 Å². The minimum atomic E-state index is 0.230. The Morgan fingerprint density at radius 3 is 2.27 bits per heavy atom. The number of Topliss-reactive ketones (excluding diaryl/α,β-unsaturated/α-hetero) is 1. The van der Waals surface area contributed by atoms with Crippen molar-refractivity contribution in [3.8, 4) is 0 Å². The lowest BCUT2D eigenvalue weighted by Crippen LogP contribution is -2.50. The Hall–Kier alpha value is -0.410. The summed E-state index contributed by atoms with van der Waals surface area (Å²) in [7, 11) is 0. The minimum absolute atomic E-state index is 0.230. The van der Waals surface area contributed by atoms with E-state index in [1.165, 1.54) is 0 Å². The Kier molecular flexibility index (Phi) is 4.29. The number of hydrogen-bond donors (Lipinski definition) is 1. The van der Waals surface area contributed by atoms with E-state index >= 15 is 0 Å². The molecule has 0 aromatic rings. The standard InChI is InChI=1S/C12H24N2O/c1-10(15)9-13-11-5-7-14(8-6-11)12(2,3)4/h11,13H,5-9H2,1-4H3. The van der Waals surface area contributed by atoms with Crippen molar-refractivity contribution in [1.82, 2.24) is 10.2 Å². The molecule has 0 amide bonds. The van der Waals surface area contributed by atoms with Crippen LogP contribution >= 0.6 is 0 Å². The molecule has 1 N–H and O–H groups in total. The van der Waals surface area contributed by atoms with Gasteiger partial charge in [0.1, 0.15) is 5.78 Å². The normalized spacial score (nSPS) is 20.5. The third-order valence-corrected chi connectivity index (χ3v) is 3.08. The molecule has 0 unspecified atom stereocenters. The first-order valence-electron chi connectivity index (χ1n) is 5.87. The maximum absolute atomic E-state index is 10.8. The lowest BCUT2D eigenvalue weighted by molar-refractivity contribution is -0.116. The zero-order valence-electron chi connectivity index (χ0n) is 10.5. The predicted octanol–water partition coefficient (Wildman–Crippen LogP) is 1.43. The van der Waals surface area contributed by atoms with E-state index < -0.39 is 0 Å². The Morgan fingerprint density at radius 1 is 1.33 bits per heavy atom. The minimum Gasteiger partial charge on any atom is -0.307 e. The number of hydrogen-bond acceptors (Lipinski definition) is 3. The van der Waals surface area contributed by atoms with E-state index in [2.05, 4.69) is 31.0 Å². The summed E-state index contributed by atoms with van der Waals surface area (Å²) in [4.78, 5) is 13.3. The maximum Gasteiger partial charge on any atom is 0.143 e. The van der Waals surface area contributed by atoms with Gasteiger partial charge in [-0.3, -0.25) is 9.69 Å². The molecule has 0 aromatic carbocycles. The van der Waals surface area contributed by atoms with Crippen LogP contribution in [-0.4, -0.2) is 41.9 Å². The smallest absolute Gasteiger partial charge is 0.143 e. The quantitative estimate of drug-likeness (QED) is 0.768. The lowest BCUT2D eigenvalue weighted by atomic mass is 9.98. The van der Waals surface area contributed by atoms with Crippen LogP contribution in [0.5, 0.6) is 0 Å². The highest BCUT2D eigenvalue weighted by atomic mass is 16.1. The molecule has 0 aliphatic carbocycles. The van der Waals surface area contributed by atoms with Gasteiger partial charge in [-0.2, -0.15) is 0 Å². The van der Waals surface area contributed by atoms with Crippen LogP contribution in [-0.2, 0) is 4.79 Å². The molecule has 1 aliphatic rings. The van der Waals surface area contributed by atoms with E-state index in [1.807, 2.05) is 0 Å². The van der Waals surface area contributed by atoms with Gasteiger partial charge >= 0.3 is 0 Å². The highest BCUT2D eigenvalue weighted by Crippen LogP contribution is 2.19.